The summed E-state index contributed by atoms with van der Waals surface area (Å²) in [5.74, 6) is 7.73. The van der Waals surface area contributed by atoms with Crippen LogP contribution in [-0.2, 0) is 73.9 Å². The highest BCUT2D eigenvalue weighted by Gasteiger charge is 2.51. The average Bonchev–Trinajstić information content (AvgIpc) is 1.66. The topological polar surface area (TPSA) is 368 Å². The number of ether oxygens (including phenoxy) is 2. The Morgan fingerprint density at radius 3 is 1.16 bits per heavy atom. The summed E-state index contributed by atoms with van der Waals surface area (Å²) in [7, 11) is 1.61. The number of hydrogen-bond donors (Lipinski definition) is 5. The normalized spacial score (nSPS) is 24.3. The van der Waals surface area contributed by atoms with Crippen molar-refractivity contribution in [2.24, 2.45) is 59.2 Å². The number of nitrogens with two attached hydrogens (primary N) is 5. The van der Waals surface area contributed by atoms with E-state index in [0.717, 1.165) is 161 Å². The standard InChI is InChI=1S/C24H29N3O2.C23H26F2N4O.C21H25FN4O2.C21H19FN4O2.C20H25FN6O/c25-21-6-7-22(18-4-2-1-3-5-18)26-23(21)11-24(28)27-12-19-9-16(10-20(19)13-27)8-17-14-29-15-17;24-17-3-1-14(2-4-17)21-6-5-20(26)22(27-21)9-23(30)29-10-15-7-19(8-16(15)11-29)28-12-18(25)13-28;22-15-11-25(12-15)16-6-13-9-26(10-14(13)7-16)21(27)8-19-17(23)3-4-18(24-19)20-2-1-5-28-20;1-28-16-4-2-13(3-5-16)18-7-6-17(23)19(25-18)9-21(27)26-11-14-8-15(22)10-24-20(14)12-26;21-15-11-25(12-15)16-6-13-9-26(10-14(13)7-16)20(28)8-18-17(22)2-3-19(24-18)27-5-1-4-23-27/h1-7,16-17,19-20H,8-15,25H2;1-6,15-16,18-19H,7-13,26H2;1-5,13-16H,6-12,23H2;2-8,10H,9,11-12,23H2,1H3;1-5,13-16H,6-12,22H2. The molecule has 143 heavy (non-hydrogen) atoms. The molecule has 3 aromatic carbocycles. The Morgan fingerprint density at radius 2 is 0.776 bits per heavy atom. The summed E-state index contributed by atoms with van der Waals surface area (Å²) in [4.78, 5) is 108. The fourth-order valence-electron chi connectivity index (χ4n) is 23.8. The third-order valence-corrected chi connectivity index (χ3v) is 31.8. The highest BCUT2D eigenvalue weighted by atomic mass is 19.1. The number of benzene rings is 3. The quantitative estimate of drug-likeness (QED) is 0.0417. The van der Waals surface area contributed by atoms with E-state index in [1.165, 1.54) is 43.7 Å². The number of hydrogen-bond acceptors (Lipinski definition) is 23. The van der Waals surface area contributed by atoms with Crippen LogP contribution in [0.25, 0.3) is 51.0 Å². The number of aromatic nitrogens is 8. The van der Waals surface area contributed by atoms with Crippen LogP contribution < -0.4 is 33.4 Å². The van der Waals surface area contributed by atoms with Crippen molar-refractivity contribution in [1.82, 2.24) is 78.9 Å². The lowest BCUT2D eigenvalue weighted by Crippen LogP contribution is -2.53. The number of amides is 5. The molecule has 24 rings (SSSR count). The Labute approximate surface area is 828 Å². The molecule has 13 aliphatic rings. The number of anilines is 5. The van der Waals surface area contributed by atoms with Crippen molar-refractivity contribution in [3.63, 3.8) is 0 Å². The molecule has 12 fully saturated rings. The number of rotatable bonds is 21. The van der Waals surface area contributed by atoms with Gasteiger partial charge in [-0.05, 0) is 250 Å². The lowest BCUT2D eigenvalue weighted by atomic mass is 9.91. The number of alkyl halides is 3. The van der Waals surface area contributed by atoms with Crippen molar-refractivity contribution >= 4 is 58.0 Å². The molecule has 8 saturated heterocycles. The number of methoxy groups -OCH3 is 1. The molecule has 17 heterocycles. The maximum absolute atomic E-state index is 13.3. The minimum Gasteiger partial charge on any atom is -0.497 e. The molecule has 29 nitrogen and oxygen atoms in total. The van der Waals surface area contributed by atoms with Crippen LogP contribution in [-0.4, -0.2) is 257 Å². The van der Waals surface area contributed by atoms with E-state index >= 15 is 0 Å². The van der Waals surface area contributed by atoms with Gasteiger partial charge in [0.2, 0.25) is 29.5 Å². The molecule has 748 valence electrons. The number of nitrogen functional groups attached to an aromatic ring is 5. The number of halogens is 5. The number of likely N-dealkylation sites (tertiary alicyclic amines) is 7. The van der Waals surface area contributed by atoms with Gasteiger partial charge in [-0.25, -0.2) is 36.6 Å². The Balaban J connectivity index is 0.000000109. The zero-order chi connectivity index (χ0) is 98.8. The molecule has 0 spiro atoms. The summed E-state index contributed by atoms with van der Waals surface area (Å²) >= 11 is 0. The van der Waals surface area contributed by atoms with Crippen LogP contribution in [0.5, 0.6) is 5.75 Å². The zero-order valence-electron chi connectivity index (χ0n) is 80.5. The molecule has 34 heteroatoms. The number of carbonyl (C=O) groups excluding carboxylic acids is 5. The van der Waals surface area contributed by atoms with E-state index in [2.05, 4.69) is 44.7 Å². The van der Waals surface area contributed by atoms with Gasteiger partial charge in [0.15, 0.2) is 11.6 Å². The van der Waals surface area contributed by atoms with E-state index in [0.29, 0.717) is 198 Å². The second kappa shape index (κ2) is 42.7. The van der Waals surface area contributed by atoms with E-state index in [9.17, 15) is 45.9 Å². The van der Waals surface area contributed by atoms with Gasteiger partial charge >= 0.3 is 0 Å². The van der Waals surface area contributed by atoms with Crippen LogP contribution in [0.4, 0.5) is 50.4 Å². The molecule has 11 aromatic rings. The molecule has 8 unspecified atom stereocenters. The number of furan rings is 1. The molecule has 8 atom stereocenters. The third kappa shape index (κ3) is 22.5. The maximum atomic E-state index is 13.3. The van der Waals surface area contributed by atoms with Gasteiger partial charge in [-0.3, -0.25) is 58.6 Å². The van der Waals surface area contributed by atoms with Gasteiger partial charge in [0.25, 0.3) is 0 Å². The Bertz CT molecular complexity index is 6160. The molecular weight excluding hydrogens is 1830 g/mol. The predicted octanol–water partition coefficient (Wildman–Crippen LogP) is 12.9. The van der Waals surface area contributed by atoms with E-state index in [-0.39, 0.29) is 67.5 Å². The second-order valence-corrected chi connectivity index (χ2v) is 41.3. The molecule has 0 bridgehead atoms. The average molecular weight is 1950 g/mol. The Hall–Kier alpha value is -13.3. The first-order valence-electron chi connectivity index (χ1n) is 50.3. The van der Waals surface area contributed by atoms with Crippen molar-refractivity contribution in [3.8, 4) is 56.8 Å². The number of fused-ring (bicyclic) bond motifs is 5. The van der Waals surface area contributed by atoms with Crippen LogP contribution in [0.2, 0.25) is 0 Å². The summed E-state index contributed by atoms with van der Waals surface area (Å²) in [6.45, 7) is 12.6. The number of nitrogens with zero attached hydrogens (tertiary/aromatic N) is 16. The van der Waals surface area contributed by atoms with Gasteiger partial charge in [-0.1, -0.05) is 30.3 Å². The van der Waals surface area contributed by atoms with E-state index < -0.39 is 24.3 Å². The van der Waals surface area contributed by atoms with Crippen LogP contribution in [0.3, 0.4) is 0 Å². The van der Waals surface area contributed by atoms with Crippen LogP contribution >= 0.6 is 0 Å². The number of pyridine rings is 6. The molecule has 0 radical (unpaired) electrons. The summed E-state index contributed by atoms with van der Waals surface area (Å²) in [5, 5.41) is 4.18. The molecule has 4 saturated carbocycles. The first-order valence-corrected chi connectivity index (χ1v) is 50.3. The van der Waals surface area contributed by atoms with Gasteiger partial charge in [-0.15, -0.1) is 0 Å². The molecule has 5 amide bonds. The lowest BCUT2D eigenvalue weighted by molar-refractivity contribution is -0.131. The molecular formula is C109H124F5N21O8. The fourth-order valence-corrected chi connectivity index (χ4v) is 23.8. The third-order valence-electron chi connectivity index (χ3n) is 31.8. The lowest BCUT2D eigenvalue weighted by Gasteiger charge is -2.39. The van der Waals surface area contributed by atoms with Crippen LogP contribution in [0, 0.1) is 70.8 Å². The monoisotopic (exact) mass is 1950 g/mol. The predicted molar refractivity (Wildman–Crippen MR) is 532 cm³/mol. The smallest absolute Gasteiger partial charge is 0.229 e. The van der Waals surface area contributed by atoms with Gasteiger partial charge in [-0.2, -0.15) is 5.10 Å². The SMILES string of the molecule is COc1ccc(-c2ccc(N)c(CC(=O)N3Cc4cc(F)cnc4C3)n2)cc1.Nc1ccc(-c2ccc(F)cc2)nc1CC(=O)N1CC2CC(N3CC(F)C3)CC2C1.Nc1ccc(-c2ccccc2)nc1CC(=O)N1CC2CC(CC3COC3)CC2C1.Nc1ccc(-c2ccco2)nc1CC(=O)N1CC2CC(N3CC(F)C3)CC2C1.Nc1ccc(-n2cccn2)nc1CC(=O)N1CC2CC(N3CC(F)C3)CC2C1. The number of carbonyl (C=O) groups is 5. The van der Waals surface area contributed by atoms with Gasteiger partial charge in [0.1, 0.15) is 41.6 Å². The maximum Gasteiger partial charge on any atom is 0.229 e. The first kappa shape index (κ1) is 97.1. The largest absolute Gasteiger partial charge is 0.497 e. The first-order chi connectivity index (χ1) is 69.3. The van der Waals surface area contributed by atoms with Crippen molar-refractivity contribution < 1.29 is 59.8 Å². The Kier molecular flexibility index (Phi) is 29.0. The molecule has 9 aliphatic heterocycles. The minimum atomic E-state index is -0.660. The second-order valence-electron chi connectivity index (χ2n) is 41.3. The highest BCUT2D eigenvalue weighted by Crippen LogP contribution is 2.48. The fraction of sp³-hybridized carbons (Fsp3) is 0.450. The Morgan fingerprint density at radius 1 is 0.392 bits per heavy atom. The zero-order valence-corrected chi connectivity index (χ0v) is 80.5. The van der Waals surface area contributed by atoms with Gasteiger partial charge in [0, 0.05) is 151 Å². The summed E-state index contributed by atoms with van der Waals surface area (Å²) in [5.41, 5.74) is 43.1. The molecule has 8 aromatic heterocycles. The van der Waals surface area contributed by atoms with Crippen LogP contribution in [0.1, 0.15) is 97.5 Å². The highest BCUT2D eigenvalue weighted by molar-refractivity contribution is 5.84. The van der Waals surface area contributed by atoms with E-state index in [1.807, 2.05) is 117 Å². The van der Waals surface area contributed by atoms with E-state index in [4.69, 9.17) is 47.5 Å². The van der Waals surface area contributed by atoms with Crippen molar-refractivity contribution in [3.05, 3.63) is 240 Å². The van der Waals surface area contributed by atoms with Gasteiger partial charge in [0.05, 0.1) is 151 Å². The van der Waals surface area contributed by atoms with E-state index in [1.54, 1.807) is 83.7 Å². The minimum absolute atomic E-state index is 0.0455. The van der Waals surface area contributed by atoms with Crippen molar-refractivity contribution in [2.75, 3.05) is 141 Å². The molecule has 4 aliphatic carbocycles. The summed E-state index contributed by atoms with van der Waals surface area (Å²) in [6, 6.07) is 50.1. The van der Waals surface area contributed by atoms with Gasteiger partial charge < -0.3 is 67.1 Å². The van der Waals surface area contributed by atoms with Crippen molar-refractivity contribution in [2.45, 2.75) is 140 Å². The summed E-state index contributed by atoms with van der Waals surface area (Å²) < 4.78 is 83.5. The van der Waals surface area contributed by atoms with Crippen molar-refractivity contribution in [1.29, 1.82) is 0 Å². The summed E-state index contributed by atoms with van der Waals surface area (Å²) in [6.07, 6.45) is 15.6. The molecule has 10 N–H and O–H groups in total. The van der Waals surface area contributed by atoms with Crippen LogP contribution in [0.15, 0.2) is 193 Å².